The first-order chi connectivity index (χ1) is 19.5. The third-order valence-electron chi connectivity index (χ3n) is 6.81. The number of hydrogen-bond acceptors (Lipinski definition) is 10. The smallest absolute Gasteiger partial charge is 0.417 e. The van der Waals surface area contributed by atoms with Crippen LogP contribution in [0.5, 0.6) is 0 Å². The van der Waals surface area contributed by atoms with Gasteiger partial charge in [0, 0.05) is 42.5 Å². The van der Waals surface area contributed by atoms with Crippen LogP contribution in [0.3, 0.4) is 0 Å². The van der Waals surface area contributed by atoms with E-state index in [1.54, 1.807) is 0 Å². The molecule has 3 aromatic rings. The summed E-state index contributed by atoms with van der Waals surface area (Å²) < 4.78 is 44.0. The van der Waals surface area contributed by atoms with Crippen molar-refractivity contribution in [3.05, 3.63) is 50.7 Å². The Morgan fingerprint density at radius 3 is 2.63 bits per heavy atom. The Balaban J connectivity index is 1.31. The molecule has 0 spiro atoms. The molecule has 3 atom stereocenters. The zero-order valence-corrected chi connectivity index (χ0v) is 23.1. The highest BCUT2D eigenvalue weighted by molar-refractivity contribution is 7.13. The molecule has 5 rings (SSSR count). The van der Waals surface area contributed by atoms with Crippen LogP contribution in [0.25, 0.3) is 0 Å². The third kappa shape index (κ3) is 6.82. The van der Waals surface area contributed by atoms with E-state index in [9.17, 15) is 27.6 Å². The predicted octanol–water partition coefficient (Wildman–Crippen LogP) is 2.77. The Labute approximate surface area is 240 Å². The number of nitrogens with zero attached hydrogens (tertiary/aromatic N) is 5. The summed E-state index contributed by atoms with van der Waals surface area (Å²) in [5, 5.41) is 15.1. The minimum absolute atomic E-state index is 0.0738. The molecule has 0 radical (unpaired) electrons. The monoisotopic (exact) mass is 612 g/mol. The van der Waals surface area contributed by atoms with Crippen LogP contribution in [0.2, 0.25) is 5.02 Å². The van der Waals surface area contributed by atoms with Crippen LogP contribution in [0.4, 0.5) is 19.0 Å². The van der Waals surface area contributed by atoms with Gasteiger partial charge in [0.15, 0.2) is 5.01 Å². The van der Waals surface area contributed by atoms with Gasteiger partial charge in [-0.2, -0.15) is 13.2 Å². The Morgan fingerprint density at radius 2 is 1.93 bits per heavy atom. The van der Waals surface area contributed by atoms with Gasteiger partial charge in [-0.1, -0.05) is 11.6 Å². The summed E-state index contributed by atoms with van der Waals surface area (Å²) in [7, 11) is 1.97. The van der Waals surface area contributed by atoms with E-state index in [1.165, 1.54) is 29.7 Å². The summed E-state index contributed by atoms with van der Waals surface area (Å²) >= 11 is 7.05. The van der Waals surface area contributed by atoms with Gasteiger partial charge in [0.25, 0.3) is 5.91 Å². The van der Waals surface area contributed by atoms with Gasteiger partial charge in [-0.25, -0.2) is 9.97 Å². The SMILES string of the molecule is CN1CCc2nc(C(=O)N[C@@H]3C[C@@H](c4nnc(C(F)(F)F)o4)CCC3NC(=O)C(=O)Nc3ccc(Cl)cn3)sc2C1. The lowest BCUT2D eigenvalue weighted by atomic mass is 9.82. The van der Waals surface area contributed by atoms with Crippen LogP contribution in [0, 0.1) is 0 Å². The van der Waals surface area contributed by atoms with Crippen molar-refractivity contribution in [2.24, 2.45) is 0 Å². The van der Waals surface area contributed by atoms with Crippen molar-refractivity contribution in [1.29, 1.82) is 0 Å². The van der Waals surface area contributed by atoms with Crippen molar-refractivity contribution in [2.45, 2.75) is 56.4 Å². The molecule has 0 bridgehead atoms. The summed E-state index contributed by atoms with van der Waals surface area (Å²) in [6.45, 7) is 1.48. The number of carbonyl (C=O) groups excluding carboxylic acids is 3. The van der Waals surface area contributed by atoms with Crippen molar-refractivity contribution in [1.82, 2.24) is 35.7 Å². The molecule has 1 aliphatic carbocycles. The number of thiazole rings is 1. The van der Waals surface area contributed by atoms with Gasteiger partial charge in [-0.3, -0.25) is 14.4 Å². The van der Waals surface area contributed by atoms with Gasteiger partial charge >= 0.3 is 23.9 Å². The molecule has 0 saturated heterocycles. The molecule has 1 fully saturated rings. The Hall–Kier alpha value is -3.63. The largest absolute Gasteiger partial charge is 0.470 e. The highest BCUT2D eigenvalue weighted by Gasteiger charge is 2.41. The fourth-order valence-electron chi connectivity index (χ4n) is 4.75. The molecule has 3 aromatic heterocycles. The van der Waals surface area contributed by atoms with Crippen LogP contribution in [-0.4, -0.2) is 68.5 Å². The minimum atomic E-state index is -4.80. The minimum Gasteiger partial charge on any atom is -0.417 e. The number of pyridine rings is 1. The van der Waals surface area contributed by atoms with E-state index in [0.717, 1.165) is 17.1 Å². The lowest BCUT2D eigenvalue weighted by Crippen LogP contribution is -2.56. The maximum absolute atomic E-state index is 13.2. The summed E-state index contributed by atoms with van der Waals surface area (Å²) in [6.07, 6.45) is -2.25. The van der Waals surface area contributed by atoms with Gasteiger partial charge in [0.2, 0.25) is 5.89 Å². The molecular weight excluding hydrogens is 589 g/mol. The Bertz CT molecular complexity index is 1450. The lowest BCUT2D eigenvalue weighted by Gasteiger charge is -2.35. The molecule has 17 heteroatoms. The highest BCUT2D eigenvalue weighted by Crippen LogP contribution is 2.36. The summed E-state index contributed by atoms with van der Waals surface area (Å²) in [6, 6.07) is 1.41. The molecule has 4 heterocycles. The Kier molecular flexibility index (Phi) is 8.24. The molecule has 12 nitrogen and oxygen atoms in total. The van der Waals surface area contributed by atoms with E-state index in [2.05, 4.69) is 41.0 Å². The molecular formula is C24H24ClF3N8O4S. The molecule has 0 aromatic carbocycles. The van der Waals surface area contributed by atoms with Crippen LogP contribution >= 0.6 is 22.9 Å². The summed E-state index contributed by atoms with van der Waals surface area (Å²) in [5.74, 6) is -4.66. The van der Waals surface area contributed by atoms with Crippen molar-refractivity contribution < 1.29 is 32.0 Å². The molecule has 1 aliphatic heterocycles. The molecule has 3 amide bonds. The number of anilines is 1. The van der Waals surface area contributed by atoms with Gasteiger partial charge in [-0.05, 0) is 38.4 Å². The molecule has 1 saturated carbocycles. The fraction of sp³-hybridized carbons (Fsp3) is 0.458. The number of amides is 3. The maximum atomic E-state index is 13.2. The average molecular weight is 613 g/mol. The standard InChI is InChI=1S/C24H24ClF3N8O4S/c1-36-7-6-14-16(10-36)41-22(32-14)20(39)31-15-8-11(21-34-35-23(40-21)24(26,27)28)2-4-13(15)30-18(37)19(38)33-17-5-3-12(25)9-29-17/h3,5,9,11,13,15H,2,4,6-8,10H2,1H3,(H,30,37)(H,31,39)(H,29,33,38)/t11-,13?,15+/m0/s1. The Morgan fingerprint density at radius 1 is 1.12 bits per heavy atom. The zero-order valence-electron chi connectivity index (χ0n) is 21.5. The first-order valence-corrected chi connectivity index (χ1v) is 13.8. The van der Waals surface area contributed by atoms with E-state index < -0.39 is 47.8 Å². The third-order valence-corrected chi connectivity index (χ3v) is 8.11. The highest BCUT2D eigenvalue weighted by atomic mass is 35.5. The van der Waals surface area contributed by atoms with Gasteiger partial charge in [0.05, 0.1) is 16.8 Å². The molecule has 218 valence electrons. The van der Waals surface area contributed by atoms with E-state index in [0.29, 0.717) is 18.0 Å². The first-order valence-electron chi connectivity index (χ1n) is 12.6. The molecule has 41 heavy (non-hydrogen) atoms. The number of carbonyl (C=O) groups is 3. The molecule has 2 aliphatic rings. The van der Waals surface area contributed by atoms with Crippen LogP contribution in [0.15, 0.2) is 22.7 Å². The normalized spacial score (nSPS) is 21.1. The first kappa shape index (κ1) is 28.9. The van der Waals surface area contributed by atoms with E-state index >= 15 is 0 Å². The van der Waals surface area contributed by atoms with Gasteiger partial charge < -0.3 is 25.3 Å². The van der Waals surface area contributed by atoms with Crippen molar-refractivity contribution in [2.75, 3.05) is 18.9 Å². The topological polar surface area (TPSA) is 155 Å². The van der Waals surface area contributed by atoms with Gasteiger partial charge in [0.1, 0.15) is 5.82 Å². The quantitative estimate of drug-likeness (QED) is 0.369. The average Bonchev–Trinajstić information content (AvgIpc) is 3.58. The van der Waals surface area contributed by atoms with Crippen molar-refractivity contribution in [3.63, 3.8) is 0 Å². The van der Waals surface area contributed by atoms with E-state index in [4.69, 9.17) is 16.0 Å². The number of aromatic nitrogens is 4. The van der Waals surface area contributed by atoms with E-state index in [1.807, 2.05) is 7.05 Å². The number of halogens is 4. The number of nitrogens with one attached hydrogen (secondary N) is 3. The second-order valence-electron chi connectivity index (χ2n) is 9.81. The van der Waals surface area contributed by atoms with E-state index in [-0.39, 0.29) is 36.0 Å². The fourth-order valence-corrected chi connectivity index (χ4v) is 5.95. The van der Waals surface area contributed by atoms with Crippen LogP contribution in [-0.2, 0) is 28.7 Å². The number of likely N-dealkylation sites (N-methyl/N-ethyl adjacent to an activating group) is 1. The summed E-state index contributed by atoms with van der Waals surface area (Å²) in [5.41, 5.74) is 0.850. The zero-order chi connectivity index (χ0) is 29.3. The second-order valence-corrected chi connectivity index (χ2v) is 11.3. The van der Waals surface area contributed by atoms with Crippen LogP contribution in [0.1, 0.15) is 57.3 Å². The number of rotatable bonds is 5. The van der Waals surface area contributed by atoms with Crippen molar-refractivity contribution in [3.8, 4) is 0 Å². The van der Waals surface area contributed by atoms with Crippen LogP contribution < -0.4 is 16.0 Å². The predicted molar refractivity (Wildman–Crippen MR) is 139 cm³/mol. The number of fused-ring (bicyclic) bond motifs is 1. The summed E-state index contributed by atoms with van der Waals surface area (Å²) in [4.78, 5) is 50.0. The number of alkyl halides is 3. The van der Waals surface area contributed by atoms with Crippen molar-refractivity contribution >= 4 is 46.5 Å². The molecule has 3 N–H and O–H groups in total. The van der Waals surface area contributed by atoms with Gasteiger partial charge in [-0.15, -0.1) is 21.5 Å². The second kappa shape index (κ2) is 11.7. The lowest BCUT2D eigenvalue weighted by molar-refractivity contribution is -0.157. The molecule has 1 unspecified atom stereocenters. The maximum Gasteiger partial charge on any atom is 0.470 e. The number of hydrogen-bond donors (Lipinski definition) is 3.